The number of nitrogens with zero attached hydrogens (tertiary/aromatic N) is 2. The summed E-state index contributed by atoms with van der Waals surface area (Å²) < 4.78 is 0. The van der Waals surface area contributed by atoms with Gasteiger partial charge in [0.05, 0.1) is 12.6 Å². The second-order valence-corrected chi connectivity index (χ2v) is 5.36. The van der Waals surface area contributed by atoms with Gasteiger partial charge < -0.3 is 10.0 Å². The minimum Gasteiger partial charge on any atom is -0.392 e. The Morgan fingerprint density at radius 2 is 2.12 bits per heavy atom. The van der Waals surface area contributed by atoms with Crippen LogP contribution in [0.5, 0.6) is 0 Å². The van der Waals surface area contributed by atoms with Crippen LogP contribution in [0, 0.1) is 5.92 Å². The standard InChI is InChI=1S/C12H24N2O2/c1-9(2)12(16)8-14-7-11(15)5-10(14)6-13(3)4/h9-11,15H,5-8H2,1-4H3. The van der Waals surface area contributed by atoms with E-state index in [0.717, 1.165) is 13.0 Å². The number of aliphatic hydroxyl groups is 1. The summed E-state index contributed by atoms with van der Waals surface area (Å²) in [5.74, 6) is 0.343. The van der Waals surface area contributed by atoms with Crippen molar-refractivity contribution in [1.29, 1.82) is 0 Å². The number of carbonyl (C=O) groups is 1. The molecule has 1 saturated heterocycles. The number of hydrogen-bond acceptors (Lipinski definition) is 4. The fourth-order valence-corrected chi connectivity index (χ4v) is 2.15. The summed E-state index contributed by atoms with van der Waals surface area (Å²) in [6.07, 6.45) is 0.508. The lowest BCUT2D eigenvalue weighted by Crippen LogP contribution is -2.41. The number of likely N-dealkylation sites (N-methyl/N-ethyl adjacent to an activating group) is 1. The number of rotatable bonds is 5. The van der Waals surface area contributed by atoms with Gasteiger partial charge >= 0.3 is 0 Å². The van der Waals surface area contributed by atoms with E-state index in [1.807, 2.05) is 27.9 Å². The molecular weight excluding hydrogens is 204 g/mol. The summed E-state index contributed by atoms with van der Waals surface area (Å²) in [6.45, 7) is 5.87. The van der Waals surface area contributed by atoms with Crippen LogP contribution < -0.4 is 0 Å². The smallest absolute Gasteiger partial charge is 0.149 e. The van der Waals surface area contributed by atoms with Gasteiger partial charge in [0.15, 0.2) is 0 Å². The molecule has 2 atom stereocenters. The van der Waals surface area contributed by atoms with Crippen LogP contribution in [0.15, 0.2) is 0 Å². The molecule has 0 amide bonds. The Morgan fingerprint density at radius 1 is 1.50 bits per heavy atom. The van der Waals surface area contributed by atoms with Gasteiger partial charge in [-0.15, -0.1) is 0 Å². The normalized spacial score (nSPS) is 26.9. The maximum absolute atomic E-state index is 11.7. The second kappa shape index (κ2) is 5.75. The molecule has 0 spiro atoms. The quantitative estimate of drug-likeness (QED) is 0.730. The fraction of sp³-hybridized carbons (Fsp3) is 0.917. The van der Waals surface area contributed by atoms with Crippen LogP contribution in [0.3, 0.4) is 0 Å². The van der Waals surface area contributed by atoms with Crippen LogP contribution in [0.2, 0.25) is 0 Å². The van der Waals surface area contributed by atoms with E-state index in [2.05, 4.69) is 9.80 Å². The highest BCUT2D eigenvalue weighted by Gasteiger charge is 2.32. The Balaban J connectivity index is 2.52. The highest BCUT2D eigenvalue weighted by molar-refractivity contribution is 5.82. The van der Waals surface area contributed by atoms with E-state index in [4.69, 9.17) is 0 Å². The van der Waals surface area contributed by atoms with E-state index in [1.54, 1.807) is 0 Å². The van der Waals surface area contributed by atoms with Crippen LogP contribution in [0.25, 0.3) is 0 Å². The summed E-state index contributed by atoms with van der Waals surface area (Å²) in [6, 6.07) is 0.313. The molecule has 94 valence electrons. The van der Waals surface area contributed by atoms with E-state index in [-0.39, 0.29) is 17.8 Å². The molecule has 1 N–H and O–H groups in total. The third-order valence-corrected chi connectivity index (χ3v) is 3.08. The Labute approximate surface area is 98.2 Å². The second-order valence-electron chi connectivity index (χ2n) is 5.36. The molecule has 1 aliphatic heterocycles. The lowest BCUT2D eigenvalue weighted by atomic mass is 10.1. The van der Waals surface area contributed by atoms with Crippen LogP contribution in [0.4, 0.5) is 0 Å². The molecule has 0 aromatic heterocycles. The first-order valence-corrected chi connectivity index (χ1v) is 5.99. The number of hydrogen-bond donors (Lipinski definition) is 1. The zero-order valence-electron chi connectivity index (χ0n) is 10.8. The van der Waals surface area contributed by atoms with Crippen molar-refractivity contribution in [3.63, 3.8) is 0 Å². The van der Waals surface area contributed by atoms with Crippen LogP contribution in [0.1, 0.15) is 20.3 Å². The Kier molecular flexibility index (Phi) is 4.89. The van der Waals surface area contributed by atoms with Crippen molar-refractivity contribution in [2.24, 2.45) is 5.92 Å². The molecule has 1 heterocycles. The van der Waals surface area contributed by atoms with Crippen molar-refractivity contribution in [2.45, 2.75) is 32.4 Å². The monoisotopic (exact) mass is 228 g/mol. The van der Waals surface area contributed by atoms with Gasteiger partial charge in [-0.2, -0.15) is 0 Å². The lowest BCUT2D eigenvalue weighted by molar-refractivity contribution is -0.123. The van der Waals surface area contributed by atoms with Gasteiger partial charge in [-0.3, -0.25) is 9.69 Å². The predicted molar refractivity (Wildman–Crippen MR) is 64.4 cm³/mol. The van der Waals surface area contributed by atoms with Gasteiger partial charge in [0.25, 0.3) is 0 Å². The molecule has 0 aliphatic carbocycles. The summed E-state index contributed by atoms with van der Waals surface area (Å²) >= 11 is 0. The molecule has 0 bridgehead atoms. The molecular formula is C12H24N2O2. The molecule has 4 heteroatoms. The van der Waals surface area contributed by atoms with Gasteiger partial charge in [-0.1, -0.05) is 13.8 Å². The van der Waals surface area contributed by atoms with E-state index in [9.17, 15) is 9.90 Å². The van der Waals surface area contributed by atoms with E-state index < -0.39 is 0 Å². The van der Waals surface area contributed by atoms with Gasteiger partial charge in [-0.25, -0.2) is 0 Å². The highest BCUT2D eigenvalue weighted by atomic mass is 16.3. The van der Waals surface area contributed by atoms with Crippen molar-refractivity contribution >= 4 is 5.78 Å². The van der Waals surface area contributed by atoms with Gasteiger partial charge in [0, 0.05) is 25.0 Å². The third-order valence-electron chi connectivity index (χ3n) is 3.08. The number of ketones is 1. The molecule has 0 aromatic carbocycles. The van der Waals surface area contributed by atoms with Crippen molar-refractivity contribution in [2.75, 3.05) is 33.7 Å². The van der Waals surface area contributed by atoms with Crippen molar-refractivity contribution in [3.8, 4) is 0 Å². The Morgan fingerprint density at radius 3 is 2.62 bits per heavy atom. The number of β-amino-alcohol motifs (C(OH)–C–C–N with tert-alkyl or cyclic N) is 1. The molecule has 0 radical (unpaired) electrons. The summed E-state index contributed by atoms with van der Waals surface area (Å²) in [4.78, 5) is 15.9. The highest BCUT2D eigenvalue weighted by Crippen LogP contribution is 2.18. The number of aliphatic hydroxyl groups excluding tert-OH is 1. The minimum atomic E-state index is -0.273. The first-order chi connectivity index (χ1) is 7.40. The number of Topliss-reactive ketones (excluding diaryl/α,β-unsaturated/α-hetero) is 1. The molecule has 2 unspecified atom stereocenters. The third kappa shape index (κ3) is 3.85. The Bertz CT molecular complexity index is 241. The van der Waals surface area contributed by atoms with Crippen LogP contribution in [-0.2, 0) is 4.79 Å². The molecule has 1 rings (SSSR count). The van der Waals surface area contributed by atoms with E-state index in [0.29, 0.717) is 19.1 Å². The minimum absolute atomic E-state index is 0.0812. The zero-order chi connectivity index (χ0) is 12.3. The van der Waals surface area contributed by atoms with Gasteiger partial charge in [0.2, 0.25) is 0 Å². The first-order valence-electron chi connectivity index (χ1n) is 5.99. The van der Waals surface area contributed by atoms with Crippen molar-refractivity contribution < 1.29 is 9.90 Å². The SMILES string of the molecule is CC(C)C(=O)CN1CC(O)CC1CN(C)C. The topological polar surface area (TPSA) is 43.8 Å². The first kappa shape index (κ1) is 13.6. The maximum Gasteiger partial charge on any atom is 0.149 e. The largest absolute Gasteiger partial charge is 0.392 e. The molecule has 16 heavy (non-hydrogen) atoms. The lowest BCUT2D eigenvalue weighted by Gasteiger charge is -2.26. The predicted octanol–water partition coefficient (Wildman–Crippen LogP) is 0.208. The maximum atomic E-state index is 11.7. The van der Waals surface area contributed by atoms with Gasteiger partial charge in [-0.05, 0) is 20.5 Å². The Hall–Kier alpha value is -0.450. The van der Waals surface area contributed by atoms with Crippen LogP contribution in [-0.4, -0.2) is 66.6 Å². The molecule has 0 saturated carbocycles. The van der Waals surface area contributed by atoms with E-state index >= 15 is 0 Å². The zero-order valence-corrected chi connectivity index (χ0v) is 10.8. The van der Waals surface area contributed by atoms with E-state index in [1.165, 1.54) is 0 Å². The molecule has 4 nitrogen and oxygen atoms in total. The summed E-state index contributed by atoms with van der Waals surface area (Å²) in [5, 5.41) is 9.66. The van der Waals surface area contributed by atoms with Gasteiger partial charge in [0.1, 0.15) is 5.78 Å². The fourth-order valence-electron chi connectivity index (χ4n) is 2.15. The van der Waals surface area contributed by atoms with Crippen molar-refractivity contribution in [3.05, 3.63) is 0 Å². The average molecular weight is 228 g/mol. The summed E-state index contributed by atoms with van der Waals surface area (Å²) in [7, 11) is 4.04. The molecule has 0 aromatic rings. The molecule has 1 fully saturated rings. The average Bonchev–Trinajstić information content (AvgIpc) is 2.45. The molecule has 1 aliphatic rings. The number of carbonyl (C=O) groups excluding carboxylic acids is 1. The van der Waals surface area contributed by atoms with Crippen molar-refractivity contribution in [1.82, 2.24) is 9.80 Å². The summed E-state index contributed by atoms with van der Waals surface area (Å²) in [5.41, 5.74) is 0. The number of likely N-dealkylation sites (tertiary alicyclic amines) is 1. The van der Waals surface area contributed by atoms with Crippen LogP contribution >= 0.6 is 0 Å².